The molecule has 0 atom stereocenters. The van der Waals surface area contributed by atoms with Gasteiger partial charge in [-0.1, -0.05) is 29.8 Å². The Bertz CT molecular complexity index is 628. The molecule has 0 amide bonds. The minimum atomic E-state index is -0.397. The predicted molar refractivity (Wildman–Crippen MR) is 79.3 cm³/mol. The van der Waals surface area contributed by atoms with Crippen LogP contribution in [0, 0.1) is 5.82 Å². The Hall–Kier alpha value is -1.87. The molecule has 0 radical (unpaired) electrons. The quantitative estimate of drug-likeness (QED) is 0.851. The molecule has 2 aromatic carbocycles. The molecule has 0 aliphatic heterocycles. The molecular formula is C16H15ClFNO. The van der Waals surface area contributed by atoms with Crippen LogP contribution >= 0.6 is 11.6 Å². The summed E-state index contributed by atoms with van der Waals surface area (Å²) in [6.45, 7) is 0. The van der Waals surface area contributed by atoms with E-state index >= 15 is 0 Å². The summed E-state index contributed by atoms with van der Waals surface area (Å²) in [5, 5.41) is 0.294. The van der Waals surface area contributed by atoms with Crippen molar-refractivity contribution in [3.8, 4) is 0 Å². The number of rotatable bonds is 5. The zero-order chi connectivity index (χ0) is 14.5. The van der Waals surface area contributed by atoms with Crippen molar-refractivity contribution in [3.05, 3.63) is 64.4 Å². The van der Waals surface area contributed by atoms with Crippen LogP contribution in [0.2, 0.25) is 5.02 Å². The highest BCUT2D eigenvalue weighted by Gasteiger charge is 2.08. The summed E-state index contributed by atoms with van der Waals surface area (Å²) in [5.74, 6) is -0.327. The number of hydrogen-bond acceptors (Lipinski definition) is 2. The van der Waals surface area contributed by atoms with Gasteiger partial charge < -0.3 is 5.73 Å². The number of benzene rings is 2. The number of nitrogen functional groups attached to an aromatic ring is 1. The molecular weight excluding hydrogens is 277 g/mol. The Labute approximate surface area is 122 Å². The third kappa shape index (κ3) is 4.07. The van der Waals surface area contributed by atoms with Crippen molar-refractivity contribution in [1.82, 2.24) is 0 Å². The highest BCUT2D eigenvalue weighted by atomic mass is 35.5. The first-order chi connectivity index (χ1) is 9.54. The van der Waals surface area contributed by atoms with Crippen LogP contribution in [0.15, 0.2) is 42.5 Å². The molecule has 0 unspecified atom stereocenters. The first-order valence-corrected chi connectivity index (χ1v) is 6.72. The Kier molecular flexibility index (Phi) is 4.74. The van der Waals surface area contributed by atoms with Crippen LogP contribution in [0.4, 0.5) is 10.1 Å². The van der Waals surface area contributed by atoms with E-state index in [4.69, 9.17) is 17.3 Å². The van der Waals surface area contributed by atoms with E-state index in [1.54, 1.807) is 6.07 Å². The monoisotopic (exact) mass is 291 g/mol. The summed E-state index contributed by atoms with van der Waals surface area (Å²) in [7, 11) is 0. The van der Waals surface area contributed by atoms with E-state index in [2.05, 4.69) is 0 Å². The van der Waals surface area contributed by atoms with Gasteiger partial charge in [-0.2, -0.15) is 0 Å². The maximum Gasteiger partial charge on any atom is 0.137 e. The summed E-state index contributed by atoms with van der Waals surface area (Å²) in [4.78, 5) is 11.9. The van der Waals surface area contributed by atoms with Crippen LogP contribution < -0.4 is 5.73 Å². The fourth-order valence-electron chi connectivity index (χ4n) is 2.00. The van der Waals surface area contributed by atoms with E-state index in [0.29, 0.717) is 29.1 Å². The molecule has 4 heteroatoms. The van der Waals surface area contributed by atoms with Gasteiger partial charge in [0.15, 0.2) is 0 Å². The molecule has 0 aliphatic carbocycles. The number of nitrogens with two attached hydrogens (primary N) is 1. The molecule has 20 heavy (non-hydrogen) atoms. The van der Waals surface area contributed by atoms with Gasteiger partial charge in [0.25, 0.3) is 0 Å². The molecule has 0 saturated carbocycles. The number of hydrogen-bond donors (Lipinski definition) is 1. The number of halogens is 2. The van der Waals surface area contributed by atoms with E-state index in [1.165, 1.54) is 12.1 Å². The van der Waals surface area contributed by atoms with E-state index in [9.17, 15) is 9.18 Å². The van der Waals surface area contributed by atoms with Gasteiger partial charge >= 0.3 is 0 Å². The van der Waals surface area contributed by atoms with Gasteiger partial charge in [-0.25, -0.2) is 4.39 Å². The lowest BCUT2D eigenvalue weighted by Crippen LogP contribution is -2.05. The number of anilines is 1. The van der Waals surface area contributed by atoms with Crippen molar-refractivity contribution in [2.75, 3.05) is 5.73 Å². The lowest BCUT2D eigenvalue weighted by atomic mass is 10.0. The second-order valence-corrected chi connectivity index (χ2v) is 5.10. The smallest absolute Gasteiger partial charge is 0.137 e. The fraction of sp³-hybridized carbons (Fsp3) is 0.188. The topological polar surface area (TPSA) is 43.1 Å². The normalized spacial score (nSPS) is 10.5. The SMILES string of the molecule is Nc1cccc(CCC(=O)Cc2ccc(F)cc2Cl)c1. The van der Waals surface area contributed by atoms with Crippen LogP contribution in [-0.4, -0.2) is 5.78 Å². The molecule has 2 rings (SSSR count). The molecule has 2 aromatic rings. The number of carbonyl (C=O) groups is 1. The van der Waals surface area contributed by atoms with Crippen molar-refractivity contribution in [1.29, 1.82) is 0 Å². The van der Waals surface area contributed by atoms with Crippen LogP contribution in [0.1, 0.15) is 17.5 Å². The number of aryl methyl sites for hydroxylation is 1. The fourth-order valence-corrected chi connectivity index (χ4v) is 2.23. The summed E-state index contributed by atoms with van der Waals surface area (Å²) < 4.78 is 12.9. The molecule has 2 N–H and O–H groups in total. The summed E-state index contributed by atoms with van der Waals surface area (Å²) in [5.41, 5.74) is 8.06. The maximum atomic E-state index is 12.9. The molecule has 2 nitrogen and oxygen atoms in total. The second kappa shape index (κ2) is 6.53. The van der Waals surface area contributed by atoms with Crippen molar-refractivity contribution < 1.29 is 9.18 Å². The molecule has 0 saturated heterocycles. The third-order valence-corrected chi connectivity index (χ3v) is 3.40. The number of Topliss-reactive ketones (excluding diaryl/α,β-unsaturated/α-hetero) is 1. The molecule has 0 aromatic heterocycles. The first-order valence-electron chi connectivity index (χ1n) is 6.34. The van der Waals surface area contributed by atoms with Gasteiger partial charge in [-0.3, -0.25) is 4.79 Å². The number of carbonyl (C=O) groups excluding carboxylic acids is 1. The minimum Gasteiger partial charge on any atom is -0.399 e. The van der Waals surface area contributed by atoms with E-state index in [1.807, 2.05) is 24.3 Å². The molecule has 0 aliphatic rings. The highest BCUT2D eigenvalue weighted by molar-refractivity contribution is 6.31. The predicted octanol–water partition coefficient (Wildman–Crippen LogP) is 3.81. The Morgan fingerprint density at radius 2 is 2.00 bits per heavy atom. The molecule has 0 spiro atoms. The van der Waals surface area contributed by atoms with Crippen molar-refractivity contribution in [3.63, 3.8) is 0 Å². The Morgan fingerprint density at radius 3 is 2.70 bits per heavy atom. The molecule has 0 fully saturated rings. The lowest BCUT2D eigenvalue weighted by Gasteiger charge is -2.05. The summed E-state index contributed by atoms with van der Waals surface area (Å²) in [6, 6.07) is 11.6. The highest BCUT2D eigenvalue weighted by Crippen LogP contribution is 2.19. The lowest BCUT2D eigenvalue weighted by molar-refractivity contribution is -0.118. The van der Waals surface area contributed by atoms with Crippen molar-refractivity contribution in [2.24, 2.45) is 0 Å². The Morgan fingerprint density at radius 1 is 1.20 bits per heavy atom. The summed E-state index contributed by atoms with van der Waals surface area (Å²) in [6.07, 6.45) is 1.28. The minimum absolute atomic E-state index is 0.0703. The standard InChI is InChI=1S/C16H15ClFNO/c17-16-10-13(18)6-5-12(16)9-15(20)7-4-11-2-1-3-14(19)8-11/h1-3,5-6,8,10H,4,7,9,19H2. The molecule has 0 heterocycles. The van der Waals surface area contributed by atoms with Gasteiger partial charge in [0.05, 0.1) is 0 Å². The van der Waals surface area contributed by atoms with Gasteiger partial charge in [-0.15, -0.1) is 0 Å². The van der Waals surface area contributed by atoms with E-state index in [-0.39, 0.29) is 12.2 Å². The van der Waals surface area contributed by atoms with Crippen LogP contribution in [0.25, 0.3) is 0 Å². The van der Waals surface area contributed by atoms with Crippen molar-refractivity contribution in [2.45, 2.75) is 19.3 Å². The average molecular weight is 292 g/mol. The van der Waals surface area contributed by atoms with Gasteiger partial charge in [-0.05, 0) is 41.8 Å². The van der Waals surface area contributed by atoms with Crippen LogP contribution in [0.3, 0.4) is 0 Å². The molecule has 104 valence electrons. The van der Waals surface area contributed by atoms with E-state index < -0.39 is 5.82 Å². The Balaban J connectivity index is 1.92. The van der Waals surface area contributed by atoms with Gasteiger partial charge in [0.1, 0.15) is 11.6 Å². The molecule has 0 bridgehead atoms. The maximum absolute atomic E-state index is 12.9. The number of ketones is 1. The summed E-state index contributed by atoms with van der Waals surface area (Å²) >= 11 is 5.90. The third-order valence-electron chi connectivity index (χ3n) is 3.05. The zero-order valence-electron chi connectivity index (χ0n) is 10.9. The van der Waals surface area contributed by atoms with Crippen molar-refractivity contribution >= 4 is 23.1 Å². The second-order valence-electron chi connectivity index (χ2n) is 4.70. The van der Waals surface area contributed by atoms with Gasteiger partial charge in [0.2, 0.25) is 0 Å². The average Bonchev–Trinajstić information content (AvgIpc) is 2.40. The van der Waals surface area contributed by atoms with Crippen LogP contribution in [0.5, 0.6) is 0 Å². The largest absolute Gasteiger partial charge is 0.399 e. The zero-order valence-corrected chi connectivity index (χ0v) is 11.7. The van der Waals surface area contributed by atoms with Crippen LogP contribution in [-0.2, 0) is 17.6 Å². The van der Waals surface area contributed by atoms with Gasteiger partial charge in [0, 0.05) is 23.6 Å². The van der Waals surface area contributed by atoms with E-state index in [0.717, 1.165) is 5.56 Å². The first kappa shape index (κ1) is 14.5.